The quantitative estimate of drug-likeness (QED) is 0.559. The molecule has 0 aromatic rings. The number of Topliss-reactive ketones (excluding diaryl/α,β-unsaturated/α-hetero) is 1. The number of esters is 1. The first-order valence-corrected chi connectivity index (χ1v) is 6.58. The van der Waals surface area contributed by atoms with Crippen molar-refractivity contribution < 1.29 is 14.3 Å². The van der Waals surface area contributed by atoms with Crippen molar-refractivity contribution in [1.82, 2.24) is 0 Å². The highest BCUT2D eigenvalue weighted by atomic mass is 16.6. The molecule has 0 saturated heterocycles. The third-order valence-corrected chi connectivity index (χ3v) is 4.65. The van der Waals surface area contributed by atoms with E-state index in [4.69, 9.17) is 4.74 Å². The number of ketones is 1. The maximum atomic E-state index is 12.2. The van der Waals surface area contributed by atoms with Gasteiger partial charge in [0.25, 0.3) is 0 Å². The maximum absolute atomic E-state index is 12.2. The maximum Gasteiger partial charge on any atom is 0.310 e. The Balaban J connectivity index is 2.07. The molecule has 0 spiro atoms. The second-order valence-electron chi connectivity index (χ2n) is 6.94. The lowest BCUT2D eigenvalue weighted by Gasteiger charge is -2.39. The summed E-state index contributed by atoms with van der Waals surface area (Å²) in [5.74, 6) is -0.594. The van der Waals surface area contributed by atoms with Gasteiger partial charge < -0.3 is 4.74 Å². The van der Waals surface area contributed by atoms with E-state index in [1.54, 1.807) is 0 Å². The summed E-state index contributed by atoms with van der Waals surface area (Å²) in [4.78, 5) is 24.0. The van der Waals surface area contributed by atoms with Crippen molar-refractivity contribution >= 4 is 11.8 Å². The van der Waals surface area contributed by atoms with Crippen molar-refractivity contribution in [3.8, 4) is 0 Å². The van der Waals surface area contributed by atoms with Gasteiger partial charge in [0.2, 0.25) is 0 Å². The van der Waals surface area contributed by atoms with Crippen LogP contribution in [0.5, 0.6) is 0 Å². The van der Waals surface area contributed by atoms with Crippen LogP contribution in [0.1, 0.15) is 41.0 Å². The Morgan fingerprint density at radius 2 is 1.83 bits per heavy atom. The van der Waals surface area contributed by atoms with Gasteiger partial charge in [-0.25, -0.2) is 0 Å². The fraction of sp³-hybridized carbons (Fsp3) is 0.733. The average molecular weight is 250 g/mol. The predicted molar refractivity (Wildman–Crippen MR) is 68.9 cm³/mol. The molecule has 0 amide bonds. The van der Waals surface area contributed by atoms with Crippen LogP contribution < -0.4 is 0 Å². The van der Waals surface area contributed by atoms with E-state index >= 15 is 0 Å². The Morgan fingerprint density at radius 1 is 1.22 bits per heavy atom. The minimum absolute atomic E-state index is 0.0506. The lowest BCUT2D eigenvalue weighted by molar-refractivity contribution is -0.173. The van der Waals surface area contributed by atoms with E-state index in [2.05, 4.69) is 0 Å². The SMILES string of the molecule is CC(C)(C)C(C)(C)OC(=O)C1CC2C=CC1C2=O. The summed E-state index contributed by atoms with van der Waals surface area (Å²) >= 11 is 0. The molecule has 3 heteroatoms. The molecule has 2 rings (SSSR count). The van der Waals surface area contributed by atoms with Gasteiger partial charge in [0.05, 0.1) is 5.92 Å². The van der Waals surface area contributed by atoms with Crippen molar-refractivity contribution in [1.29, 1.82) is 0 Å². The third kappa shape index (κ3) is 2.00. The lowest BCUT2D eigenvalue weighted by atomic mass is 9.79. The van der Waals surface area contributed by atoms with E-state index in [0.29, 0.717) is 6.42 Å². The average Bonchev–Trinajstić information content (AvgIpc) is 2.72. The van der Waals surface area contributed by atoms with Gasteiger partial charge in [0.15, 0.2) is 0 Å². The van der Waals surface area contributed by atoms with Crippen LogP contribution in [-0.4, -0.2) is 17.4 Å². The van der Waals surface area contributed by atoms with Crippen LogP contribution in [0.3, 0.4) is 0 Å². The number of carbonyl (C=O) groups is 2. The van der Waals surface area contributed by atoms with Crippen LogP contribution in [0, 0.1) is 23.2 Å². The standard InChI is InChI=1S/C15H22O3/c1-14(2,3)15(4,5)18-13(17)11-8-9-6-7-10(11)12(9)16/h6-7,9-11H,8H2,1-5H3. The van der Waals surface area contributed by atoms with Gasteiger partial charge in [0, 0.05) is 17.3 Å². The number of rotatable bonds is 2. The molecule has 100 valence electrons. The van der Waals surface area contributed by atoms with E-state index in [0.717, 1.165) is 0 Å². The second kappa shape index (κ2) is 3.94. The molecule has 2 aliphatic carbocycles. The van der Waals surface area contributed by atoms with Crippen LogP contribution in [0.2, 0.25) is 0 Å². The highest BCUT2D eigenvalue weighted by molar-refractivity contribution is 5.96. The van der Waals surface area contributed by atoms with Crippen LogP contribution >= 0.6 is 0 Å². The monoisotopic (exact) mass is 250 g/mol. The molecule has 0 N–H and O–H groups in total. The second-order valence-corrected chi connectivity index (χ2v) is 6.94. The Kier molecular flexibility index (Phi) is 2.91. The summed E-state index contributed by atoms with van der Waals surface area (Å²) in [7, 11) is 0. The summed E-state index contributed by atoms with van der Waals surface area (Å²) in [5.41, 5.74) is -0.654. The molecule has 1 saturated carbocycles. The predicted octanol–water partition coefficient (Wildman–Crippen LogP) is 2.75. The summed E-state index contributed by atoms with van der Waals surface area (Å²) in [6.45, 7) is 10.00. The highest BCUT2D eigenvalue weighted by Crippen LogP contribution is 2.43. The molecule has 2 aliphatic rings. The van der Waals surface area contributed by atoms with E-state index < -0.39 is 5.60 Å². The minimum Gasteiger partial charge on any atom is -0.459 e. The van der Waals surface area contributed by atoms with Gasteiger partial charge in [-0.3, -0.25) is 9.59 Å². The van der Waals surface area contributed by atoms with Gasteiger partial charge in [0.1, 0.15) is 11.4 Å². The Hall–Kier alpha value is -1.12. The first kappa shape index (κ1) is 13.3. The smallest absolute Gasteiger partial charge is 0.310 e. The number of hydrogen-bond donors (Lipinski definition) is 0. The molecule has 2 bridgehead atoms. The van der Waals surface area contributed by atoms with Crippen LogP contribution in [0.25, 0.3) is 0 Å². The molecule has 0 aliphatic heterocycles. The van der Waals surface area contributed by atoms with Crippen molar-refractivity contribution in [3.05, 3.63) is 12.2 Å². The van der Waals surface area contributed by atoms with Crippen LogP contribution in [0.15, 0.2) is 12.2 Å². The molecule has 1 fully saturated rings. The molecule has 18 heavy (non-hydrogen) atoms. The fourth-order valence-electron chi connectivity index (χ4n) is 2.36. The number of allylic oxidation sites excluding steroid dienone is 2. The minimum atomic E-state index is -0.529. The molecule has 0 heterocycles. The first-order valence-electron chi connectivity index (χ1n) is 6.58. The Morgan fingerprint density at radius 3 is 2.22 bits per heavy atom. The zero-order valence-corrected chi connectivity index (χ0v) is 11.8. The molecule has 0 aromatic carbocycles. The van der Waals surface area contributed by atoms with E-state index in [1.807, 2.05) is 46.8 Å². The number of fused-ring (bicyclic) bond motifs is 2. The largest absolute Gasteiger partial charge is 0.459 e. The number of hydrogen-bond acceptors (Lipinski definition) is 3. The van der Waals surface area contributed by atoms with Crippen LogP contribution in [-0.2, 0) is 14.3 Å². The molecule has 3 atom stereocenters. The topological polar surface area (TPSA) is 43.4 Å². The molecular weight excluding hydrogens is 228 g/mol. The molecule has 3 nitrogen and oxygen atoms in total. The van der Waals surface area contributed by atoms with Crippen molar-refractivity contribution in [2.45, 2.75) is 46.6 Å². The highest BCUT2D eigenvalue weighted by Gasteiger charge is 2.49. The third-order valence-electron chi connectivity index (χ3n) is 4.65. The zero-order chi connectivity index (χ0) is 13.7. The fourth-order valence-corrected chi connectivity index (χ4v) is 2.36. The van der Waals surface area contributed by atoms with Gasteiger partial charge in [-0.05, 0) is 20.3 Å². The molecule has 0 radical (unpaired) electrons. The van der Waals surface area contributed by atoms with E-state index in [-0.39, 0.29) is 34.9 Å². The normalized spacial score (nSPS) is 30.9. The molecule has 0 aromatic heterocycles. The Bertz CT molecular complexity index is 412. The van der Waals surface area contributed by atoms with Gasteiger partial charge in [-0.15, -0.1) is 0 Å². The van der Waals surface area contributed by atoms with Gasteiger partial charge >= 0.3 is 5.97 Å². The van der Waals surface area contributed by atoms with Gasteiger partial charge in [-0.2, -0.15) is 0 Å². The zero-order valence-electron chi connectivity index (χ0n) is 11.8. The van der Waals surface area contributed by atoms with Crippen molar-refractivity contribution in [2.75, 3.05) is 0 Å². The number of carbonyl (C=O) groups excluding carboxylic acids is 2. The lowest BCUT2D eigenvalue weighted by Crippen LogP contribution is -2.43. The van der Waals surface area contributed by atoms with Crippen molar-refractivity contribution in [2.24, 2.45) is 23.2 Å². The summed E-state index contributed by atoms with van der Waals surface area (Å²) < 4.78 is 5.66. The van der Waals surface area contributed by atoms with Crippen LogP contribution in [0.4, 0.5) is 0 Å². The first-order chi connectivity index (χ1) is 8.13. The number of ether oxygens (including phenoxy) is 1. The summed E-state index contributed by atoms with van der Waals surface area (Å²) in [5, 5.41) is 0. The van der Waals surface area contributed by atoms with Gasteiger partial charge in [-0.1, -0.05) is 32.9 Å². The molecular formula is C15H22O3. The molecule has 3 unspecified atom stereocenters. The Labute approximate surface area is 109 Å². The summed E-state index contributed by atoms with van der Waals surface area (Å²) in [6, 6.07) is 0. The van der Waals surface area contributed by atoms with E-state index in [9.17, 15) is 9.59 Å². The summed E-state index contributed by atoms with van der Waals surface area (Å²) in [6.07, 6.45) is 4.41. The van der Waals surface area contributed by atoms with Crippen molar-refractivity contribution in [3.63, 3.8) is 0 Å². The van der Waals surface area contributed by atoms with E-state index in [1.165, 1.54) is 0 Å².